The van der Waals surface area contributed by atoms with E-state index >= 15 is 0 Å². The Morgan fingerprint density at radius 2 is 1.73 bits per heavy atom. The third-order valence-corrected chi connectivity index (χ3v) is 5.31. The second-order valence-corrected chi connectivity index (χ2v) is 7.22. The van der Waals surface area contributed by atoms with Gasteiger partial charge in [0.05, 0.1) is 12.5 Å². The fourth-order valence-corrected chi connectivity index (χ4v) is 3.43. The van der Waals surface area contributed by atoms with E-state index in [9.17, 15) is 4.79 Å². The summed E-state index contributed by atoms with van der Waals surface area (Å²) in [6.45, 7) is 4.38. The predicted octanol–water partition coefficient (Wildman–Crippen LogP) is 5.92. The normalized spacial score (nSPS) is 10.9. The Morgan fingerprint density at radius 1 is 0.967 bits per heavy atom. The SMILES string of the molecule is CCc1ccc2oc(-c3ccc(OC)cc3)c(OCc3ccccc3C)c(=O)c2c1. The molecule has 152 valence electrons. The lowest BCUT2D eigenvalue weighted by Crippen LogP contribution is -2.11. The highest BCUT2D eigenvalue weighted by Gasteiger charge is 2.18. The molecule has 30 heavy (non-hydrogen) atoms. The van der Waals surface area contributed by atoms with Crippen LogP contribution >= 0.6 is 0 Å². The van der Waals surface area contributed by atoms with Crippen molar-refractivity contribution in [3.63, 3.8) is 0 Å². The van der Waals surface area contributed by atoms with Crippen LogP contribution in [0.2, 0.25) is 0 Å². The van der Waals surface area contributed by atoms with Gasteiger partial charge < -0.3 is 13.9 Å². The summed E-state index contributed by atoms with van der Waals surface area (Å²) in [5, 5.41) is 0.534. The van der Waals surface area contributed by atoms with Gasteiger partial charge in [-0.05, 0) is 66.4 Å². The van der Waals surface area contributed by atoms with E-state index in [2.05, 4.69) is 6.92 Å². The highest BCUT2D eigenvalue weighted by atomic mass is 16.5. The first-order valence-electron chi connectivity index (χ1n) is 10.0. The summed E-state index contributed by atoms with van der Waals surface area (Å²) in [6.07, 6.45) is 0.842. The first kappa shape index (κ1) is 19.8. The minimum Gasteiger partial charge on any atom is -0.497 e. The maximum Gasteiger partial charge on any atom is 0.235 e. The van der Waals surface area contributed by atoms with Crippen LogP contribution in [0.5, 0.6) is 11.5 Å². The van der Waals surface area contributed by atoms with E-state index in [1.54, 1.807) is 7.11 Å². The molecule has 4 nitrogen and oxygen atoms in total. The van der Waals surface area contributed by atoms with Crippen molar-refractivity contribution in [1.29, 1.82) is 0 Å². The zero-order valence-electron chi connectivity index (χ0n) is 17.4. The van der Waals surface area contributed by atoms with Crippen molar-refractivity contribution in [2.24, 2.45) is 0 Å². The molecule has 0 bridgehead atoms. The van der Waals surface area contributed by atoms with Crippen LogP contribution in [0, 0.1) is 6.92 Å². The summed E-state index contributed by atoms with van der Waals surface area (Å²) >= 11 is 0. The van der Waals surface area contributed by atoms with Gasteiger partial charge in [-0.15, -0.1) is 0 Å². The van der Waals surface area contributed by atoms with Crippen molar-refractivity contribution in [2.75, 3.05) is 7.11 Å². The molecule has 0 aliphatic carbocycles. The lowest BCUT2D eigenvalue weighted by Gasteiger charge is -2.13. The van der Waals surface area contributed by atoms with Gasteiger partial charge in [0.1, 0.15) is 17.9 Å². The van der Waals surface area contributed by atoms with Gasteiger partial charge in [0, 0.05) is 5.56 Å². The predicted molar refractivity (Wildman–Crippen MR) is 119 cm³/mol. The van der Waals surface area contributed by atoms with Gasteiger partial charge in [0.25, 0.3) is 0 Å². The van der Waals surface area contributed by atoms with E-state index in [4.69, 9.17) is 13.9 Å². The van der Waals surface area contributed by atoms with E-state index in [1.165, 1.54) is 0 Å². The minimum absolute atomic E-state index is 0.161. The van der Waals surface area contributed by atoms with E-state index in [0.717, 1.165) is 34.4 Å². The van der Waals surface area contributed by atoms with Crippen LogP contribution in [0.15, 0.2) is 75.9 Å². The fourth-order valence-electron chi connectivity index (χ4n) is 3.43. The van der Waals surface area contributed by atoms with Gasteiger partial charge in [0.2, 0.25) is 11.2 Å². The molecule has 0 saturated heterocycles. The van der Waals surface area contributed by atoms with Crippen LogP contribution in [0.3, 0.4) is 0 Å². The molecule has 4 aromatic rings. The van der Waals surface area contributed by atoms with Crippen molar-refractivity contribution < 1.29 is 13.9 Å². The number of hydrogen-bond acceptors (Lipinski definition) is 4. The average molecular weight is 400 g/mol. The van der Waals surface area contributed by atoms with Crippen molar-refractivity contribution in [2.45, 2.75) is 26.9 Å². The molecule has 1 aromatic heterocycles. The van der Waals surface area contributed by atoms with Crippen LogP contribution in [-0.2, 0) is 13.0 Å². The Balaban J connectivity index is 1.85. The number of hydrogen-bond donors (Lipinski definition) is 0. The number of rotatable bonds is 6. The van der Waals surface area contributed by atoms with E-state index in [1.807, 2.05) is 73.7 Å². The molecule has 0 saturated carbocycles. The van der Waals surface area contributed by atoms with Crippen molar-refractivity contribution in [3.8, 4) is 22.8 Å². The van der Waals surface area contributed by atoms with E-state index in [0.29, 0.717) is 23.3 Å². The first-order chi connectivity index (χ1) is 14.6. The molecule has 1 heterocycles. The van der Waals surface area contributed by atoms with E-state index in [-0.39, 0.29) is 11.2 Å². The minimum atomic E-state index is -0.161. The third-order valence-electron chi connectivity index (χ3n) is 5.31. The molecule has 3 aromatic carbocycles. The Hall–Kier alpha value is -3.53. The molecule has 0 fully saturated rings. The number of benzene rings is 3. The lowest BCUT2D eigenvalue weighted by molar-refractivity contribution is 0.297. The summed E-state index contributed by atoms with van der Waals surface area (Å²) in [7, 11) is 1.62. The number of ether oxygens (including phenoxy) is 2. The van der Waals surface area contributed by atoms with Crippen molar-refractivity contribution in [1.82, 2.24) is 0 Å². The van der Waals surface area contributed by atoms with Crippen molar-refractivity contribution >= 4 is 11.0 Å². The second kappa shape index (κ2) is 8.46. The summed E-state index contributed by atoms with van der Waals surface area (Å²) in [5.41, 5.74) is 4.37. The van der Waals surface area contributed by atoms with E-state index < -0.39 is 0 Å². The smallest absolute Gasteiger partial charge is 0.235 e. The molecule has 4 heteroatoms. The van der Waals surface area contributed by atoms with Gasteiger partial charge in [-0.3, -0.25) is 4.79 Å². The molecule has 0 atom stereocenters. The van der Waals surface area contributed by atoms with Crippen LogP contribution < -0.4 is 14.9 Å². The maximum absolute atomic E-state index is 13.4. The molecule has 0 aliphatic heterocycles. The number of fused-ring (bicyclic) bond motifs is 1. The largest absolute Gasteiger partial charge is 0.497 e. The molecule has 0 aliphatic rings. The van der Waals surface area contributed by atoms with Crippen LogP contribution in [0.25, 0.3) is 22.3 Å². The van der Waals surface area contributed by atoms with Gasteiger partial charge in [0.15, 0.2) is 5.76 Å². The highest BCUT2D eigenvalue weighted by Crippen LogP contribution is 2.33. The van der Waals surface area contributed by atoms with Gasteiger partial charge >= 0.3 is 0 Å². The van der Waals surface area contributed by atoms with Crippen LogP contribution in [0.4, 0.5) is 0 Å². The molecular weight excluding hydrogens is 376 g/mol. The summed E-state index contributed by atoms with van der Waals surface area (Å²) in [5.74, 6) is 1.38. The zero-order valence-corrected chi connectivity index (χ0v) is 17.4. The second-order valence-electron chi connectivity index (χ2n) is 7.22. The van der Waals surface area contributed by atoms with Crippen molar-refractivity contribution in [3.05, 3.63) is 93.6 Å². The Bertz CT molecular complexity index is 1240. The molecule has 0 N–H and O–H groups in total. The first-order valence-corrected chi connectivity index (χ1v) is 10.0. The van der Waals surface area contributed by atoms with Crippen LogP contribution in [0.1, 0.15) is 23.6 Å². The standard InChI is InChI=1S/C26H24O4/c1-4-18-9-14-23-22(15-18)24(27)26(29-16-20-8-6-5-7-17(20)2)25(30-23)19-10-12-21(28-3)13-11-19/h5-15H,4,16H2,1-3H3. The van der Waals surface area contributed by atoms with Gasteiger partial charge in [-0.25, -0.2) is 0 Å². The Morgan fingerprint density at radius 3 is 2.43 bits per heavy atom. The molecule has 0 unspecified atom stereocenters. The summed E-state index contributed by atoms with van der Waals surface area (Å²) < 4.78 is 17.5. The fraction of sp³-hybridized carbons (Fsp3) is 0.192. The highest BCUT2D eigenvalue weighted by molar-refractivity contribution is 5.82. The monoisotopic (exact) mass is 400 g/mol. The Labute approximate surface area is 175 Å². The average Bonchev–Trinajstić information content (AvgIpc) is 2.79. The third kappa shape index (κ3) is 3.81. The Kier molecular flexibility index (Phi) is 5.57. The topological polar surface area (TPSA) is 48.7 Å². The maximum atomic E-state index is 13.4. The van der Waals surface area contributed by atoms with Gasteiger partial charge in [-0.2, -0.15) is 0 Å². The van der Waals surface area contributed by atoms with Crippen LogP contribution in [-0.4, -0.2) is 7.11 Å². The quantitative estimate of drug-likeness (QED) is 0.403. The number of aryl methyl sites for hydroxylation is 2. The van der Waals surface area contributed by atoms with Gasteiger partial charge in [-0.1, -0.05) is 37.3 Å². The summed E-state index contributed by atoms with van der Waals surface area (Å²) in [6, 6.07) is 21.1. The molecule has 0 amide bonds. The molecular formula is C26H24O4. The summed E-state index contributed by atoms with van der Waals surface area (Å²) in [4.78, 5) is 13.4. The number of methoxy groups -OCH3 is 1. The zero-order chi connectivity index (χ0) is 21.1. The molecule has 4 rings (SSSR count). The molecule has 0 spiro atoms. The lowest BCUT2D eigenvalue weighted by atomic mass is 10.1. The molecule has 0 radical (unpaired) electrons.